The second-order valence-corrected chi connectivity index (χ2v) is 6.83. The van der Waals surface area contributed by atoms with Crippen LogP contribution in [0.4, 0.5) is 0 Å². The van der Waals surface area contributed by atoms with Gasteiger partial charge >= 0.3 is 0 Å². The minimum atomic E-state index is -0.0101. The van der Waals surface area contributed by atoms with Crippen LogP contribution in [0.1, 0.15) is 35.3 Å². The van der Waals surface area contributed by atoms with E-state index in [0.717, 1.165) is 30.8 Å². The maximum Gasteiger partial charge on any atom is 0.100 e. The van der Waals surface area contributed by atoms with Crippen molar-refractivity contribution in [3.63, 3.8) is 0 Å². The van der Waals surface area contributed by atoms with Crippen LogP contribution in [0.3, 0.4) is 0 Å². The fraction of sp³-hybridized carbons (Fsp3) is 0.273. The summed E-state index contributed by atoms with van der Waals surface area (Å²) in [5.41, 5.74) is 2.49. The summed E-state index contributed by atoms with van der Waals surface area (Å²) >= 11 is 1.94. The van der Waals surface area contributed by atoms with Crippen LogP contribution in [-0.2, 0) is 4.74 Å². The molecule has 2 aromatic rings. The number of hydrogen-bond acceptors (Lipinski definition) is 2. The third kappa shape index (κ3) is 6.03. The van der Waals surface area contributed by atoms with Crippen LogP contribution in [0.2, 0.25) is 0 Å². The first-order valence-electron chi connectivity index (χ1n) is 8.43. The zero-order valence-electron chi connectivity index (χ0n) is 14.1. The highest BCUT2D eigenvalue weighted by atomic mass is 32.2. The van der Waals surface area contributed by atoms with Crippen molar-refractivity contribution in [1.29, 1.82) is 0 Å². The van der Waals surface area contributed by atoms with Gasteiger partial charge in [0.25, 0.3) is 0 Å². The van der Waals surface area contributed by atoms with E-state index in [0.29, 0.717) is 5.25 Å². The van der Waals surface area contributed by atoms with Gasteiger partial charge in [-0.3, -0.25) is 0 Å². The van der Waals surface area contributed by atoms with Gasteiger partial charge < -0.3 is 4.74 Å². The molecule has 2 heteroatoms. The Kier molecular flexibility index (Phi) is 8.43. The number of thioether (sulfide) groups is 1. The average molecular weight is 339 g/mol. The van der Waals surface area contributed by atoms with Crippen molar-refractivity contribution in [1.82, 2.24) is 0 Å². The highest BCUT2D eigenvalue weighted by Gasteiger charge is 2.08. The van der Waals surface area contributed by atoms with Gasteiger partial charge in [-0.15, -0.1) is 24.9 Å². The molecule has 1 nitrogen and oxygen atoms in total. The molecule has 2 aromatic carbocycles. The van der Waals surface area contributed by atoms with Crippen molar-refractivity contribution < 1.29 is 4.74 Å². The fourth-order valence-corrected chi connectivity index (χ4v) is 3.62. The Bertz CT molecular complexity index is 538. The van der Waals surface area contributed by atoms with E-state index in [2.05, 4.69) is 55.6 Å². The van der Waals surface area contributed by atoms with Crippen LogP contribution in [0.25, 0.3) is 0 Å². The van der Waals surface area contributed by atoms with Crippen molar-refractivity contribution >= 4 is 11.8 Å². The van der Waals surface area contributed by atoms with Crippen LogP contribution >= 0.6 is 11.8 Å². The summed E-state index contributed by atoms with van der Waals surface area (Å²) in [6, 6.07) is 20.8. The molecule has 0 radical (unpaired) electrons. The lowest BCUT2D eigenvalue weighted by Crippen LogP contribution is -2.03. The SMILES string of the molecule is C=CC(OCCCCSC(C=C)c1ccccc1)c1ccccc1. The molecule has 0 saturated carbocycles. The largest absolute Gasteiger partial charge is 0.369 e. The smallest absolute Gasteiger partial charge is 0.100 e. The van der Waals surface area contributed by atoms with Crippen LogP contribution in [0.5, 0.6) is 0 Å². The first-order chi connectivity index (χ1) is 11.8. The summed E-state index contributed by atoms with van der Waals surface area (Å²) < 4.78 is 5.95. The molecule has 0 amide bonds. The van der Waals surface area contributed by atoms with E-state index >= 15 is 0 Å². The number of unbranched alkanes of at least 4 members (excludes halogenated alkanes) is 1. The number of rotatable bonds is 11. The Labute approximate surface area is 150 Å². The Balaban J connectivity index is 1.66. The topological polar surface area (TPSA) is 9.23 Å². The Morgan fingerprint density at radius 3 is 2.04 bits per heavy atom. The Morgan fingerprint density at radius 1 is 0.833 bits per heavy atom. The molecule has 0 aliphatic carbocycles. The van der Waals surface area contributed by atoms with Gasteiger partial charge in [0.2, 0.25) is 0 Å². The zero-order chi connectivity index (χ0) is 17.0. The molecule has 0 spiro atoms. The van der Waals surface area contributed by atoms with Crippen LogP contribution in [0.15, 0.2) is 86.0 Å². The summed E-state index contributed by atoms with van der Waals surface area (Å²) in [7, 11) is 0. The highest BCUT2D eigenvalue weighted by molar-refractivity contribution is 7.99. The quantitative estimate of drug-likeness (QED) is 0.348. The molecule has 0 heterocycles. The normalized spacial score (nSPS) is 13.2. The molecule has 126 valence electrons. The third-order valence-electron chi connectivity index (χ3n) is 3.82. The van der Waals surface area contributed by atoms with E-state index < -0.39 is 0 Å². The van der Waals surface area contributed by atoms with Crippen LogP contribution in [0, 0.1) is 0 Å². The maximum absolute atomic E-state index is 5.95. The van der Waals surface area contributed by atoms with Crippen LogP contribution < -0.4 is 0 Å². The van der Waals surface area contributed by atoms with Gasteiger partial charge in [-0.2, -0.15) is 0 Å². The van der Waals surface area contributed by atoms with Crippen molar-refractivity contribution in [3.05, 3.63) is 97.1 Å². The average Bonchev–Trinajstić information content (AvgIpc) is 2.66. The molecule has 2 unspecified atom stereocenters. The first-order valence-corrected chi connectivity index (χ1v) is 9.48. The lowest BCUT2D eigenvalue weighted by molar-refractivity contribution is 0.0833. The maximum atomic E-state index is 5.95. The minimum absolute atomic E-state index is 0.0101. The summed E-state index contributed by atoms with van der Waals surface area (Å²) in [6.07, 6.45) is 6.08. The molecule has 24 heavy (non-hydrogen) atoms. The van der Waals surface area contributed by atoms with Crippen molar-refractivity contribution in [2.45, 2.75) is 24.2 Å². The molecule has 0 N–H and O–H groups in total. The van der Waals surface area contributed by atoms with Gasteiger partial charge in [-0.25, -0.2) is 0 Å². The van der Waals surface area contributed by atoms with Crippen LogP contribution in [-0.4, -0.2) is 12.4 Å². The number of benzene rings is 2. The molecule has 0 bridgehead atoms. The van der Waals surface area contributed by atoms with Gasteiger partial charge in [0.1, 0.15) is 6.10 Å². The van der Waals surface area contributed by atoms with E-state index in [4.69, 9.17) is 4.74 Å². The van der Waals surface area contributed by atoms with Gasteiger partial charge in [-0.05, 0) is 29.7 Å². The predicted molar refractivity (Wildman–Crippen MR) is 106 cm³/mol. The lowest BCUT2D eigenvalue weighted by atomic mass is 10.1. The van der Waals surface area contributed by atoms with E-state index in [1.807, 2.05) is 42.1 Å². The summed E-state index contributed by atoms with van der Waals surface area (Å²) in [5.74, 6) is 1.11. The molecular weight excluding hydrogens is 312 g/mol. The molecule has 0 fully saturated rings. The van der Waals surface area contributed by atoms with E-state index in [1.165, 1.54) is 5.56 Å². The van der Waals surface area contributed by atoms with Crippen molar-refractivity contribution in [2.75, 3.05) is 12.4 Å². The summed E-state index contributed by atoms with van der Waals surface area (Å²) in [6.45, 7) is 8.60. The fourth-order valence-electron chi connectivity index (χ4n) is 2.51. The molecule has 2 atom stereocenters. The monoisotopic (exact) mass is 338 g/mol. The second kappa shape index (κ2) is 10.9. The Hall–Kier alpha value is -1.77. The molecule has 0 aromatic heterocycles. The highest BCUT2D eigenvalue weighted by Crippen LogP contribution is 2.30. The molecule has 0 aliphatic rings. The standard InChI is InChI=1S/C22H26OS/c1-3-21(19-13-7-5-8-14-19)23-17-11-12-18-24-22(4-2)20-15-9-6-10-16-20/h3-10,13-16,21-22H,1-2,11-12,17-18H2. The predicted octanol–water partition coefficient (Wildman–Crippen LogP) is 6.37. The summed E-state index contributed by atoms with van der Waals surface area (Å²) in [5, 5.41) is 0.373. The first kappa shape index (κ1) is 18.6. The van der Waals surface area contributed by atoms with E-state index in [9.17, 15) is 0 Å². The molecule has 2 rings (SSSR count). The second-order valence-electron chi connectivity index (χ2n) is 5.58. The lowest BCUT2D eigenvalue weighted by Gasteiger charge is -2.15. The molecule has 0 saturated heterocycles. The van der Waals surface area contributed by atoms with E-state index in [1.54, 1.807) is 0 Å². The van der Waals surface area contributed by atoms with Crippen molar-refractivity contribution in [2.24, 2.45) is 0 Å². The minimum Gasteiger partial charge on any atom is -0.369 e. The van der Waals surface area contributed by atoms with Gasteiger partial charge in [0.05, 0.1) is 0 Å². The van der Waals surface area contributed by atoms with Crippen molar-refractivity contribution in [3.8, 4) is 0 Å². The number of ether oxygens (including phenoxy) is 1. The third-order valence-corrected chi connectivity index (χ3v) is 5.17. The molecule has 0 aliphatic heterocycles. The zero-order valence-corrected chi connectivity index (χ0v) is 15.0. The Morgan fingerprint density at radius 2 is 1.46 bits per heavy atom. The van der Waals surface area contributed by atoms with Gasteiger partial charge in [0, 0.05) is 11.9 Å². The van der Waals surface area contributed by atoms with Gasteiger partial charge in [-0.1, -0.05) is 72.8 Å². The van der Waals surface area contributed by atoms with E-state index in [-0.39, 0.29) is 6.10 Å². The van der Waals surface area contributed by atoms with Gasteiger partial charge in [0.15, 0.2) is 0 Å². The number of hydrogen-bond donors (Lipinski definition) is 0. The molecular formula is C22H26OS. The summed E-state index contributed by atoms with van der Waals surface area (Å²) in [4.78, 5) is 0.